The van der Waals surface area contributed by atoms with Gasteiger partial charge in [-0.25, -0.2) is 4.99 Å². The van der Waals surface area contributed by atoms with E-state index < -0.39 is 0 Å². The molecule has 208 valence electrons. The molecule has 4 heteroatoms. The Morgan fingerprint density at radius 1 is 0.568 bits per heavy atom. The minimum Gasteiger partial charge on any atom is -0.456 e. The van der Waals surface area contributed by atoms with Gasteiger partial charge in [0.15, 0.2) is 0 Å². The number of rotatable bonds is 4. The van der Waals surface area contributed by atoms with Crippen molar-refractivity contribution in [1.82, 2.24) is 5.32 Å². The summed E-state index contributed by atoms with van der Waals surface area (Å²) < 4.78 is 6.49. The SMILES string of the molecule is c1ccc(C2=C3Sc4ccccc4C3NC(c3cccc4oc5cc(-c6ccc(-c7ccccc7)cc6)ccc5c34)=N2)cc1. The number of hydrogen-bond donors (Lipinski definition) is 1. The zero-order valence-electron chi connectivity index (χ0n) is 23.7. The van der Waals surface area contributed by atoms with E-state index in [2.05, 4.69) is 145 Å². The number of amidine groups is 1. The van der Waals surface area contributed by atoms with E-state index in [9.17, 15) is 0 Å². The summed E-state index contributed by atoms with van der Waals surface area (Å²) in [6.45, 7) is 0. The summed E-state index contributed by atoms with van der Waals surface area (Å²) in [4.78, 5) is 7.83. The topological polar surface area (TPSA) is 37.5 Å². The van der Waals surface area contributed by atoms with E-state index in [1.54, 1.807) is 0 Å². The van der Waals surface area contributed by atoms with Crippen molar-refractivity contribution < 1.29 is 4.42 Å². The molecule has 1 atom stereocenters. The molecule has 0 amide bonds. The Kier molecular flexibility index (Phi) is 5.81. The van der Waals surface area contributed by atoms with Crippen molar-refractivity contribution in [3.63, 3.8) is 0 Å². The second-order valence-corrected chi connectivity index (χ2v) is 12.3. The van der Waals surface area contributed by atoms with Crippen LogP contribution in [0.1, 0.15) is 22.7 Å². The first-order valence-corrected chi connectivity index (χ1v) is 15.6. The number of thioether (sulfide) groups is 1. The molecule has 1 aromatic heterocycles. The quantitative estimate of drug-likeness (QED) is 0.224. The van der Waals surface area contributed by atoms with Crippen molar-refractivity contribution in [3.05, 3.63) is 167 Å². The lowest BCUT2D eigenvalue weighted by molar-refractivity contribution is 0.669. The van der Waals surface area contributed by atoms with Crippen molar-refractivity contribution in [2.75, 3.05) is 0 Å². The molecule has 1 unspecified atom stereocenters. The van der Waals surface area contributed by atoms with Crippen LogP contribution in [0.25, 0.3) is 49.9 Å². The maximum absolute atomic E-state index is 6.49. The maximum atomic E-state index is 6.49. The molecule has 2 aliphatic heterocycles. The fourth-order valence-electron chi connectivity index (χ4n) is 6.42. The molecule has 9 rings (SSSR count). The summed E-state index contributed by atoms with van der Waals surface area (Å²) in [5.41, 5.74) is 10.9. The second kappa shape index (κ2) is 10.1. The second-order valence-electron chi connectivity index (χ2n) is 11.2. The Bertz CT molecular complexity index is 2260. The van der Waals surface area contributed by atoms with Gasteiger partial charge in [0.2, 0.25) is 0 Å². The van der Waals surface area contributed by atoms with Crippen LogP contribution in [0, 0.1) is 0 Å². The molecular formula is C40H26N2OS. The molecule has 1 N–H and O–H groups in total. The molecule has 0 spiro atoms. The third kappa shape index (κ3) is 4.10. The number of hydrogen-bond acceptors (Lipinski definition) is 4. The number of fused-ring (bicyclic) bond motifs is 6. The van der Waals surface area contributed by atoms with E-state index in [1.807, 2.05) is 17.8 Å². The van der Waals surface area contributed by atoms with Crippen LogP contribution < -0.4 is 5.32 Å². The average Bonchev–Trinajstić information content (AvgIpc) is 3.67. The standard InChI is InChI=1S/C40H26N2OS/c1-3-10-25(11-4-1)26-18-20-27(21-19-26)29-22-23-30-34(24-29)43-33-16-9-15-32(36(30)33)40-41-37(28-12-5-2-6-13-28)39-38(42-40)31-14-7-8-17-35(31)44-39/h1-24,38H,(H,41,42). The van der Waals surface area contributed by atoms with Crippen molar-refractivity contribution in [3.8, 4) is 22.3 Å². The Morgan fingerprint density at radius 3 is 2.02 bits per heavy atom. The van der Waals surface area contributed by atoms with Crippen molar-refractivity contribution in [2.45, 2.75) is 10.9 Å². The van der Waals surface area contributed by atoms with Gasteiger partial charge in [-0.3, -0.25) is 0 Å². The predicted octanol–water partition coefficient (Wildman–Crippen LogP) is 10.5. The van der Waals surface area contributed by atoms with Gasteiger partial charge in [0, 0.05) is 31.7 Å². The summed E-state index contributed by atoms with van der Waals surface area (Å²) in [6, 6.07) is 51.2. The number of aliphatic imine (C=N–C) groups is 1. The molecule has 44 heavy (non-hydrogen) atoms. The van der Waals surface area contributed by atoms with Crippen LogP contribution in [-0.2, 0) is 0 Å². The Morgan fingerprint density at radius 2 is 1.23 bits per heavy atom. The minimum absolute atomic E-state index is 0.0535. The molecule has 0 radical (unpaired) electrons. The van der Waals surface area contributed by atoms with E-state index in [0.29, 0.717) is 0 Å². The van der Waals surface area contributed by atoms with Crippen LogP contribution in [0.15, 0.2) is 165 Å². The van der Waals surface area contributed by atoms with Gasteiger partial charge in [-0.05, 0) is 52.1 Å². The smallest absolute Gasteiger partial charge is 0.136 e. The van der Waals surface area contributed by atoms with E-state index in [-0.39, 0.29) is 6.04 Å². The highest BCUT2D eigenvalue weighted by atomic mass is 32.2. The molecular weight excluding hydrogens is 557 g/mol. The number of nitrogens with zero attached hydrogens (tertiary/aromatic N) is 1. The van der Waals surface area contributed by atoms with Crippen molar-refractivity contribution >= 4 is 45.2 Å². The van der Waals surface area contributed by atoms with Crippen LogP contribution in [-0.4, -0.2) is 5.84 Å². The number of nitrogens with one attached hydrogen (secondary N) is 1. The zero-order valence-corrected chi connectivity index (χ0v) is 24.5. The summed E-state index contributed by atoms with van der Waals surface area (Å²) in [5, 5.41) is 5.98. The van der Waals surface area contributed by atoms with Crippen LogP contribution in [0.4, 0.5) is 0 Å². The van der Waals surface area contributed by atoms with Gasteiger partial charge in [0.25, 0.3) is 0 Å². The Hall–Kier alpha value is -5.32. The minimum atomic E-state index is 0.0535. The van der Waals surface area contributed by atoms with Crippen LogP contribution in [0.5, 0.6) is 0 Å². The fourth-order valence-corrected chi connectivity index (χ4v) is 7.68. The van der Waals surface area contributed by atoms with Crippen LogP contribution in [0.3, 0.4) is 0 Å². The molecule has 0 saturated carbocycles. The van der Waals surface area contributed by atoms with Gasteiger partial charge in [-0.15, -0.1) is 0 Å². The van der Waals surface area contributed by atoms with E-state index in [1.165, 1.54) is 26.5 Å². The lowest BCUT2D eigenvalue weighted by Gasteiger charge is -2.25. The highest BCUT2D eigenvalue weighted by molar-refractivity contribution is 8.03. The monoisotopic (exact) mass is 582 g/mol. The van der Waals surface area contributed by atoms with Gasteiger partial charge in [0.05, 0.1) is 11.7 Å². The molecule has 0 saturated heterocycles. The zero-order chi connectivity index (χ0) is 29.0. The normalized spacial score (nSPS) is 15.6. The molecule has 6 aromatic carbocycles. The highest BCUT2D eigenvalue weighted by Crippen LogP contribution is 2.52. The van der Waals surface area contributed by atoms with Gasteiger partial charge >= 0.3 is 0 Å². The first-order valence-electron chi connectivity index (χ1n) is 14.8. The first-order chi connectivity index (χ1) is 21.8. The van der Waals surface area contributed by atoms with E-state index >= 15 is 0 Å². The third-order valence-electron chi connectivity index (χ3n) is 8.57. The third-order valence-corrected chi connectivity index (χ3v) is 9.82. The summed E-state index contributed by atoms with van der Waals surface area (Å²) in [6.07, 6.45) is 0. The summed E-state index contributed by atoms with van der Waals surface area (Å²) in [5.74, 6) is 0.865. The van der Waals surface area contributed by atoms with Crippen LogP contribution >= 0.6 is 11.8 Å². The molecule has 2 aliphatic rings. The van der Waals surface area contributed by atoms with Gasteiger partial charge in [-0.2, -0.15) is 0 Å². The number of furan rings is 1. The Balaban J connectivity index is 1.15. The largest absolute Gasteiger partial charge is 0.456 e. The summed E-state index contributed by atoms with van der Waals surface area (Å²) in [7, 11) is 0. The van der Waals surface area contributed by atoms with E-state index in [0.717, 1.165) is 55.7 Å². The van der Waals surface area contributed by atoms with Crippen molar-refractivity contribution in [2.24, 2.45) is 4.99 Å². The van der Waals surface area contributed by atoms with Crippen LogP contribution in [0.2, 0.25) is 0 Å². The molecule has 7 aromatic rings. The predicted molar refractivity (Wildman–Crippen MR) is 183 cm³/mol. The molecule has 3 nitrogen and oxygen atoms in total. The molecule has 0 fully saturated rings. The van der Waals surface area contributed by atoms with Gasteiger partial charge < -0.3 is 9.73 Å². The van der Waals surface area contributed by atoms with E-state index in [4.69, 9.17) is 9.41 Å². The number of benzene rings is 6. The lowest BCUT2D eigenvalue weighted by Crippen LogP contribution is -2.32. The maximum Gasteiger partial charge on any atom is 0.136 e. The first kappa shape index (κ1) is 25.2. The van der Waals surface area contributed by atoms with Gasteiger partial charge in [0.1, 0.15) is 17.0 Å². The lowest BCUT2D eigenvalue weighted by atomic mass is 9.97. The van der Waals surface area contributed by atoms with Crippen molar-refractivity contribution in [1.29, 1.82) is 0 Å². The van der Waals surface area contributed by atoms with Gasteiger partial charge in [-0.1, -0.05) is 133 Å². The Labute approximate surface area is 259 Å². The molecule has 0 aliphatic carbocycles. The highest BCUT2D eigenvalue weighted by Gasteiger charge is 2.35. The summed E-state index contributed by atoms with van der Waals surface area (Å²) >= 11 is 1.82. The average molecular weight is 583 g/mol. The molecule has 3 heterocycles. The fraction of sp³-hybridized carbons (Fsp3) is 0.0250. The molecule has 0 bridgehead atoms.